The Labute approximate surface area is 66.4 Å². The molecule has 11 heavy (non-hydrogen) atoms. The molecule has 0 aromatic rings. The molecular weight excluding hydrogens is 167 g/mol. The minimum Gasteiger partial charge on any atom is -0.376 e. The maximum absolute atomic E-state index is 11.3. The molecule has 0 bridgehead atoms. The van der Waals surface area contributed by atoms with Gasteiger partial charge in [0.1, 0.15) is 0 Å². The van der Waals surface area contributed by atoms with E-state index in [0.29, 0.717) is 5.57 Å². The molecule has 0 fully saturated rings. The molecule has 0 saturated heterocycles. The molecule has 5 heteroatoms. The molecule has 0 aliphatic carbocycles. The Hall–Kier alpha value is -0.150. The van der Waals surface area contributed by atoms with Crippen molar-refractivity contribution in [2.75, 3.05) is 14.2 Å². The van der Waals surface area contributed by atoms with Crippen LogP contribution in [0.1, 0.15) is 6.92 Å². The van der Waals surface area contributed by atoms with Gasteiger partial charge in [-0.25, -0.2) is 0 Å². The fraction of sp³-hybridized carbons (Fsp3) is 0.667. The second kappa shape index (κ2) is 4.02. The molecule has 0 aromatic carbocycles. The third kappa shape index (κ3) is 2.42. The SMILES string of the molecule is C=C(C)C(O)P(=O)(OC)OC. The highest BCUT2D eigenvalue weighted by atomic mass is 31.2. The first-order valence-electron chi connectivity index (χ1n) is 3.02. The summed E-state index contributed by atoms with van der Waals surface area (Å²) in [4.78, 5) is 0. The van der Waals surface area contributed by atoms with Crippen molar-refractivity contribution in [2.45, 2.75) is 12.8 Å². The summed E-state index contributed by atoms with van der Waals surface area (Å²) in [5.41, 5.74) is 0.358. The first kappa shape index (κ1) is 10.8. The largest absolute Gasteiger partial charge is 0.376 e. The second-order valence-electron chi connectivity index (χ2n) is 2.13. The normalized spacial score (nSPS) is 14.5. The Morgan fingerprint density at radius 3 is 2.00 bits per heavy atom. The van der Waals surface area contributed by atoms with E-state index in [-0.39, 0.29) is 0 Å². The van der Waals surface area contributed by atoms with E-state index >= 15 is 0 Å². The number of rotatable bonds is 4. The third-order valence-corrected chi connectivity index (χ3v) is 3.31. The van der Waals surface area contributed by atoms with Gasteiger partial charge >= 0.3 is 7.60 Å². The number of hydrogen-bond donors (Lipinski definition) is 1. The van der Waals surface area contributed by atoms with Crippen LogP contribution in [0.2, 0.25) is 0 Å². The molecule has 0 heterocycles. The van der Waals surface area contributed by atoms with E-state index in [4.69, 9.17) is 0 Å². The highest BCUT2D eigenvalue weighted by molar-refractivity contribution is 7.54. The Kier molecular flexibility index (Phi) is 3.97. The first-order valence-corrected chi connectivity index (χ1v) is 4.63. The Morgan fingerprint density at radius 1 is 1.55 bits per heavy atom. The van der Waals surface area contributed by atoms with Gasteiger partial charge in [0.05, 0.1) is 0 Å². The summed E-state index contributed by atoms with van der Waals surface area (Å²) in [5.74, 6) is -1.24. The number of aliphatic hydroxyl groups is 1. The Balaban J connectivity index is 4.51. The molecule has 66 valence electrons. The summed E-state index contributed by atoms with van der Waals surface area (Å²) in [6.45, 7) is 4.99. The van der Waals surface area contributed by atoms with E-state index in [1.165, 1.54) is 14.2 Å². The third-order valence-electron chi connectivity index (χ3n) is 1.25. The zero-order valence-corrected chi connectivity index (χ0v) is 7.80. The summed E-state index contributed by atoms with van der Waals surface area (Å²) >= 11 is 0. The molecule has 0 saturated carbocycles. The van der Waals surface area contributed by atoms with Crippen LogP contribution in [-0.2, 0) is 13.6 Å². The zero-order valence-electron chi connectivity index (χ0n) is 6.90. The monoisotopic (exact) mass is 180 g/mol. The lowest BCUT2D eigenvalue weighted by molar-refractivity contribution is 0.194. The van der Waals surface area contributed by atoms with Crippen molar-refractivity contribution in [2.24, 2.45) is 0 Å². The van der Waals surface area contributed by atoms with Gasteiger partial charge in [0.2, 0.25) is 0 Å². The molecule has 0 radical (unpaired) electrons. The van der Waals surface area contributed by atoms with Gasteiger partial charge in [-0.1, -0.05) is 6.58 Å². The van der Waals surface area contributed by atoms with E-state index in [9.17, 15) is 9.67 Å². The molecule has 0 amide bonds. The van der Waals surface area contributed by atoms with Crippen molar-refractivity contribution in [3.05, 3.63) is 12.2 Å². The van der Waals surface area contributed by atoms with E-state index in [2.05, 4.69) is 15.6 Å². The molecule has 0 aliphatic heterocycles. The van der Waals surface area contributed by atoms with E-state index in [1.54, 1.807) is 6.92 Å². The summed E-state index contributed by atoms with van der Waals surface area (Å²) in [7, 11) is -0.935. The smallest absolute Gasteiger partial charge is 0.362 e. The number of hydrogen-bond acceptors (Lipinski definition) is 4. The quantitative estimate of drug-likeness (QED) is 0.524. The zero-order chi connectivity index (χ0) is 9.07. The molecule has 1 unspecified atom stereocenters. The van der Waals surface area contributed by atoms with Crippen LogP contribution in [0.5, 0.6) is 0 Å². The first-order chi connectivity index (χ1) is 4.98. The van der Waals surface area contributed by atoms with Gasteiger partial charge < -0.3 is 14.2 Å². The lowest BCUT2D eigenvalue weighted by Crippen LogP contribution is -2.10. The number of aliphatic hydroxyl groups excluding tert-OH is 1. The maximum Gasteiger partial charge on any atom is 0.362 e. The highest BCUT2D eigenvalue weighted by Crippen LogP contribution is 2.52. The molecule has 0 aliphatic rings. The van der Waals surface area contributed by atoms with Gasteiger partial charge in [-0.2, -0.15) is 0 Å². The van der Waals surface area contributed by atoms with Gasteiger partial charge in [-0.15, -0.1) is 0 Å². The fourth-order valence-corrected chi connectivity index (χ4v) is 1.63. The molecule has 0 spiro atoms. The van der Waals surface area contributed by atoms with Crippen molar-refractivity contribution in [3.63, 3.8) is 0 Å². The van der Waals surface area contributed by atoms with Crippen LogP contribution >= 0.6 is 7.60 Å². The highest BCUT2D eigenvalue weighted by Gasteiger charge is 2.32. The second-order valence-corrected chi connectivity index (χ2v) is 4.42. The molecule has 0 rings (SSSR count). The van der Waals surface area contributed by atoms with E-state index < -0.39 is 13.4 Å². The fourth-order valence-electron chi connectivity index (χ4n) is 0.544. The lowest BCUT2D eigenvalue weighted by atomic mass is 10.4. The van der Waals surface area contributed by atoms with Gasteiger partial charge in [0.15, 0.2) is 5.85 Å². The van der Waals surface area contributed by atoms with Crippen LogP contribution in [-0.4, -0.2) is 25.2 Å². The van der Waals surface area contributed by atoms with Crippen LogP contribution in [0.4, 0.5) is 0 Å². The van der Waals surface area contributed by atoms with Gasteiger partial charge in [-0.05, 0) is 12.5 Å². The summed E-state index contributed by atoms with van der Waals surface area (Å²) < 4.78 is 20.4. The minimum atomic E-state index is -3.37. The molecule has 4 nitrogen and oxygen atoms in total. The van der Waals surface area contributed by atoms with Crippen LogP contribution < -0.4 is 0 Å². The Morgan fingerprint density at radius 2 is 1.91 bits per heavy atom. The Bertz CT molecular complexity index is 181. The van der Waals surface area contributed by atoms with Crippen molar-refractivity contribution in [1.82, 2.24) is 0 Å². The van der Waals surface area contributed by atoms with Gasteiger partial charge in [0.25, 0.3) is 0 Å². The predicted molar refractivity (Wildman–Crippen MR) is 42.4 cm³/mol. The predicted octanol–water partition coefficient (Wildman–Crippen LogP) is 1.37. The molecule has 1 atom stereocenters. The summed E-state index contributed by atoms with van der Waals surface area (Å²) in [5, 5.41) is 9.23. The molecule has 0 aromatic heterocycles. The maximum atomic E-state index is 11.3. The van der Waals surface area contributed by atoms with Gasteiger partial charge in [0, 0.05) is 14.2 Å². The van der Waals surface area contributed by atoms with E-state index in [0.717, 1.165) is 0 Å². The van der Waals surface area contributed by atoms with Crippen LogP contribution in [0.15, 0.2) is 12.2 Å². The van der Waals surface area contributed by atoms with Crippen LogP contribution in [0.25, 0.3) is 0 Å². The van der Waals surface area contributed by atoms with E-state index in [1.807, 2.05) is 0 Å². The van der Waals surface area contributed by atoms with Crippen LogP contribution in [0.3, 0.4) is 0 Å². The topological polar surface area (TPSA) is 55.8 Å². The van der Waals surface area contributed by atoms with Crippen molar-refractivity contribution in [3.8, 4) is 0 Å². The lowest BCUT2D eigenvalue weighted by Gasteiger charge is -2.19. The van der Waals surface area contributed by atoms with Gasteiger partial charge in [-0.3, -0.25) is 4.57 Å². The van der Waals surface area contributed by atoms with Crippen molar-refractivity contribution in [1.29, 1.82) is 0 Å². The molecular formula is C6H13O4P. The molecule has 1 N–H and O–H groups in total. The van der Waals surface area contributed by atoms with Crippen molar-refractivity contribution >= 4 is 7.60 Å². The van der Waals surface area contributed by atoms with Crippen molar-refractivity contribution < 1.29 is 18.7 Å². The van der Waals surface area contributed by atoms with Crippen LogP contribution in [0, 0.1) is 0 Å². The summed E-state index contributed by atoms with van der Waals surface area (Å²) in [6, 6.07) is 0. The minimum absolute atomic E-state index is 0.358. The standard InChI is InChI=1S/C6H13O4P/c1-5(2)6(7)11(8,9-3)10-4/h6-7H,1H2,2-4H3. The average molecular weight is 180 g/mol. The average Bonchev–Trinajstić information content (AvgIpc) is 2.01. The summed E-state index contributed by atoms with van der Waals surface area (Å²) in [6.07, 6.45) is 0.